The number of benzene rings is 1. The second kappa shape index (κ2) is 6.17. The molecule has 0 aromatic heterocycles. The number of carboxylic acids is 1. The summed E-state index contributed by atoms with van der Waals surface area (Å²) in [6, 6.07) is 4.75. The quantitative estimate of drug-likeness (QED) is 0.632. The molecule has 1 rings (SSSR count). The molecule has 1 aromatic rings. The maximum absolute atomic E-state index is 10.9. The van der Waals surface area contributed by atoms with Crippen LogP contribution >= 0.6 is 0 Å². The van der Waals surface area contributed by atoms with Crippen molar-refractivity contribution in [2.75, 3.05) is 11.4 Å². The highest BCUT2D eigenvalue weighted by Gasteiger charge is 2.19. The van der Waals surface area contributed by atoms with Gasteiger partial charge >= 0.3 is 5.97 Å². The molecule has 0 saturated carbocycles. The van der Waals surface area contributed by atoms with Gasteiger partial charge in [0.15, 0.2) is 0 Å². The van der Waals surface area contributed by atoms with Crippen LogP contribution in [0.25, 0.3) is 0 Å². The highest BCUT2D eigenvalue weighted by Crippen LogP contribution is 2.26. The Labute approximate surface area is 111 Å². The van der Waals surface area contributed by atoms with Crippen LogP contribution in [-0.2, 0) is 4.79 Å². The molecule has 0 spiro atoms. The highest BCUT2D eigenvalue weighted by molar-refractivity contribution is 5.68. The van der Waals surface area contributed by atoms with E-state index in [2.05, 4.69) is 0 Å². The molecule has 1 N–H and O–H groups in total. The number of nitro benzene ring substituents is 1. The largest absolute Gasteiger partial charge is 0.481 e. The Bertz CT molecular complexity index is 488. The Morgan fingerprint density at radius 1 is 1.53 bits per heavy atom. The van der Waals surface area contributed by atoms with Crippen molar-refractivity contribution in [2.24, 2.45) is 0 Å². The lowest BCUT2D eigenvalue weighted by Gasteiger charge is -2.29. The van der Waals surface area contributed by atoms with E-state index in [9.17, 15) is 14.9 Å². The van der Waals surface area contributed by atoms with E-state index >= 15 is 0 Å². The zero-order chi connectivity index (χ0) is 14.6. The summed E-state index contributed by atoms with van der Waals surface area (Å²) in [4.78, 5) is 23.1. The topological polar surface area (TPSA) is 83.7 Å². The summed E-state index contributed by atoms with van der Waals surface area (Å²) in [7, 11) is 0. The fraction of sp³-hybridized carbons (Fsp3) is 0.462. The lowest BCUT2D eigenvalue weighted by atomic mass is 10.1. The fourth-order valence-electron chi connectivity index (χ4n) is 2.08. The third kappa shape index (κ3) is 3.67. The molecule has 0 aliphatic carbocycles. The standard InChI is InChI=1S/C13H18N2O4/c1-4-14(10(3)7-13(16)17)11-6-5-9(2)12(8-11)15(18)19/h5-6,8,10H,4,7H2,1-3H3,(H,16,17). The number of carbonyl (C=O) groups is 1. The van der Waals surface area contributed by atoms with Gasteiger partial charge in [-0.15, -0.1) is 0 Å². The molecule has 0 saturated heterocycles. The summed E-state index contributed by atoms with van der Waals surface area (Å²) in [6.07, 6.45) is -0.00445. The van der Waals surface area contributed by atoms with Crippen molar-refractivity contribution in [2.45, 2.75) is 33.2 Å². The van der Waals surface area contributed by atoms with Gasteiger partial charge in [0, 0.05) is 29.9 Å². The van der Waals surface area contributed by atoms with Gasteiger partial charge < -0.3 is 10.0 Å². The molecule has 6 heteroatoms. The molecular formula is C13H18N2O4. The van der Waals surface area contributed by atoms with Crippen LogP contribution in [0.3, 0.4) is 0 Å². The van der Waals surface area contributed by atoms with Crippen LogP contribution in [0.1, 0.15) is 25.8 Å². The van der Waals surface area contributed by atoms with Crippen LogP contribution in [0.5, 0.6) is 0 Å². The molecule has 1 aromatic carbocycles. The lowest BCUT2D eigenvalue weighted by molar-refractivity contribution is -0.385. The number of nitrogens with zero attached hydrogens (tertiary/aromatic N) is 2. The van der Waals surface area contributed by atoms with Crippen LogP contribution < -0.4 is 4.90 Å². The number of nitro groups is 1. The van der Waals surface area contributed by atoms with Crippen molar-refractivity contribution in [1.82, 2.24) is 0 Å². The molecule has 1 unspecified atom stereocenters. The maximum Gasteiger partial charge on any atom is 0.305 e. The predicted molar refractivity (Wildman–Crippen MR) is 72.6 cm³/mol. The minimum absolute atomic E-state index is 0.00445. The first-order valence-corrected chi connectivity index (χ1v) is 6.10. The van der Waals surface area contributed by atoms with Gasteiger partial charge in [0.05, 0.1) is 11.3 Å². The first kappa shape index (κ1) is 14.9. The number of hydrogen-bond donors (Lipinski definition) is 1. The zero-order valence-corrected chi connectivity index (χ0v) is 11.3. The SMILES string of the molecule is CCN(c1ccc(C)c([N+](=O)[O-])c1)C(C)CC(=O)O. The molecule has 1 atom stereocenters. The van der Waals surface area contributed by atoms with E-state index in [1.807, 2.05) is 11.8 Å². The van der Waals surface area contributed by atoms with Crippen LogP contribution in [-0.4, -0.2) is 28.6 Å². The Kier molecular flexibility index (Phi) is 4.86. The molecule has 0 bridgehead atoms. The number of carboxylic acid groups (broad SMARTS) is 1. The van der Waals surface area contributed by atoms with Crippen LogP contribution in [0.15, 0.2) is 18.2 Å². The lowest BCUT2D eigenvalue weighted by Crippen LogP contribution is -2.34. The molecule has 0 heterocycles. The van der Waals surface area contributed by atoms with Gasteiger partial charge in [-0.25, -0.2) is 0 Å². The van der Waals surface area contributed by atoms with E-state index < -0.39 is 10.9 Å². The third-order valence-electron chi connectivity index (χ3n) is 3.06. The van der Waals surface area contributed by atoms with Crippen LogP contribution in [0.2, 0.25) is 0 Å². The van der Waals surface area contributed by atoms with E-state index in [4.69, 9.17) is 5.11 Å². The zero-order valence-electron chi connectivity index (χ0n) is 11.3. The fourth-order valence-corrected chi connectivity index (χ4v) is 2.08. The Morgan fingerprint density at radius 3 is 2.63 bits per heavy atom. The molecule has 19 heavy (non-hydrogen) atoms. The second-order valence-corrected chi connectivity index (χ2v) is 4.46. The van der Waals surface area contributed by atoms with Crippen molar-refractivity contribution in [1.29, 1.82) is 0 Å². The van der Waals surface area contributed by atoms with Crippen molar-refractivity contribution in [3.63, 3.8) is 0 Å². The highest BCUT2D eigenvalue weighted by atomic mass is 16.6. The van der Waals surface area contributed by atoms with Gasteiger partial charge in [0.25, 0.3) is 5.69 Å². The Morgan fingerprint density at radius 2 is 2.16 bits per heavy atom. The van der Waals surface area contributed by atoms with E-state index in [1.165, 1.54) is 6.07 Å². The number of rotatable bonds is 6. The van der Waals surface area contributed by atoms with E-state index in [1.54, 1.807) is 26.0 Å². The van der Waals surface area contributed by atoms with Crippen molar-refractivity contribution in [3.05, 3.63) is 33.9 Å². The van der Waals surface area contributed by atoms with Crippen LogP contribution in [0, 0.1) is 17.0 Å². The van der Waals surface area contributed by atoms with Crippen molar-refractivity contribution < 1.29 is 14.8 Å². The average Bonchev–Trinajstić information content (AvgIpc) is 2.30. The first-order valence-electron chi connectivity index (χ1n) is 6.10. The van der Waals surface area contributed by atoms with Gasteiger partial charge in [0.2, 0.25) is 0 Å². The Balaban J connectivity index is 3.08. The molecule has 104 valence electrons. The number of aryl methyl sites for hydroxylation is 1. The van der Waals surface area contributed by atoms with E-state index in [0.29, 0.717) is 17.8 Å². The average molecular weight is 266 g/mol. The van der Waals surface area contributed by atoms with Gasteiger partial charge in [-0.2, -0.15) is 0 Å². The van der Waals surface area contributed by atoms with Crippen molar-refractivity contribution >= 4 is 17.3 Å². The monoisotopic (exact) mass is 266 g/mol. The molecule has 6 nitrogen and oxygen atoms in total. The summed E-state index contributed by atoms with van der Waals surface area (Å²) in [5.41, 5.74) is 1.32. The number of hydrogen-bond acceptors (Lipinski definition) is 4. The minimum atomic E-state index is -0.882. The van der Waals surface area contributed by atoms with Gasteiger partial charge in [0.1, 0.15) is 0 Å². The molecule has 0 radical (unpaired) electrons. The molecular weight excluding hydrogens is 248 g/mol. The molecule has 0 aliphatic rings. The van der Waals surface area contributed by atoms with Gasteiger partial charge in [-0.1, -0.05) is 6.07 Å². The van der Waals surface area contributed by atoms with E-state index in [-0.39, 0.29) is 18.2 Å². The number of anilines is 1. The van der Waals surface area contributed by atoms with E-state index in [0.717, 1.165) is 0 Å². The molecule has 0 aliphatic heterocycles. The summed E-state index contributed by atoms with van der Waals surface area (Å²) < 4.78 is 0. The number of aliphatic carboxylic acids is 1. The summed E-state index contributed by atoms with van der Waals surface area (Å²) in [5.74, 6) is -0.882. The van der Waals surface area contributed by atoms with Crippen molar-refractivity contribution in [3.8, 4) is 0 Å². The molecule has 0 amide bonds. The summed E-state index contributed by atoms with van der Waals surface area (Å²) in [6.45, 7) is 5.96. The third-order valence-corrected chi connectivity index (χ3v) is 3.06. The second-order valence-electron chi connectivity index (χ2n) is 4.46. The van der Waals surface area contributed by atoms with Gasteiger partial charge in [-0.3, -0.25) is 14.9 Å². The smallest absolute Gasteiger partial charge is 0.305 e. The first-order chi connectivity index (χ1) is 8.86. The summed E-state index contributed by atoms with van der Waals surface area (Å²) >= 11 is 0. The minimum Gasteiger partial charge on any atom is -0.481 e. The predicted octanol–water partition coefficient (Wildman–Crippen LogP) is 2.59. The Hall–Kier alpha value is -2.11. The van der Waals surface area contributed by atoms with Crippen LogP contribution in [0.4, 0.5) is 11.4 Å². The van der Waals surface area contributed by atoms with Gasteiger partial charge in [-0.05, 0) is 26.8 Å². The normalized spacial score (nSPS) is 11.9. The maximum atomic E-state index is 10.9. The molecule has 0 fully saturated rings. The summed E-state index contributed by atoms with van der Waals surface area (Å²) in [5, 5.41) is 19.8.